The van der Waals surface area contributed by atoms with Crippen LogP contribution in [-0.4, -0.2) is 9.97 Å². The monoisotopic (exact) mass is 240 g/mol. The van der Waals surface area contributed by atoms with Gasteiger partial charge in [0.2, 0.25) is 0 Å². The van der Waals surface area contributed by atoms with E-state index >= 15 is 0 Å². The summed E-state index contributed by atoms with van der Waals surface area (Å²) in [4.78, 5) is 7.35. The molecule has 17 heavy (non-hydrogen) atoms. The van der Waals surface area contributed by atoms with Crippen LogP contribution in [0, 0.1) is 31.3 Å². The van der Waals surface area contributed by atoms with Gasteiger partial charge in [-0.25, -0.2) is 23.1 Å². The highest BCUT2D eigenvalue weighted by molar-refractivity contribution is 5.27. The summed E-state index contributed by atoms with van der Waals surface area (Å²) in [6.45, 7) is 2.94. The highest BCUT2D eigenvalue weighted by atomic mass is 19.2. The number of hydrogen-bond donors (Lipinski definition) is 0. The maximum absolute atomic E-state index is 12.6. The molecule has 0 aliphatic rings. The zero-order valence-corrected chi connectivity index (χ0v) is 9.42. The fourth-order valence-electron chi connectivity index (χ4n) is 1.06. The molecule has 1 aromatic heterocycles. The van der Waals surface area contributed by atoms with E-state index in [4.69, 9.17) is 0 Å². The molecule has 0 spiro atoms. The van der Waals surface area contributed by atoms with Crippen molar-refractivity contribution < 1.29 is 13.2 Å². The standard InChI is InChI=1S/C8H7F3.C4H4N2/c1-4-3-6(9)8(11)7(10)5(4)2;1-2-5-4-6-3-1/h3H,1-2H3;1-4H. The van der Waals surface area contributed by atoms with Crippen LogP contribution in [0.4, 0.5) is 13.2 Å². The summed E-state index contributed by atoms with van der Waals surface area (Å²) in [6.07, 6.45) is 4.88. The second-order valence-electron chi connectivity index (χ2n) is 3.33. The lowest BCUT2D eigenvalue weighted by molar-refractivity contribution is 0.442. The van der Waals surface area contributed by atoms with Crippen molar-refractivity contribution in [3.05, 3.63) is 59.4 Å². The minimum absolute atomic E-state index is 0.156. The van der Waals surface area contributed by atoms with E-state index in [0.29, 0.717) is 5.56 Å². The van der Waals surface area contributed by atoms with E-state index in [2.05, 4.69) is 9.97 Å². The van der Waals surface area contributed by atoms with E-state index in [1.54, 1.807) is 18.5 Å². The van der Waals surface area contributed by atoms with Gasteiger partial charge in [-0.1, -0.05) is 0 Å². The average molecular weight is 240 g/mol. The zero-order valence-electron chi connectivity index (χ0n) is 9.42. The van der Waals surface area contributed by atoms with Gasteiger partial charge in [0.05, 0.1) is 0 Å². The van der Waals surface area contributed by atoms with Crippen molar-refractivity contribution in [2.45, 2.75) is 13.8 Å². The summed E-state index contributed by atoms with van der Waals surface area (Å²) in [6, 6.07) is 2.76. The first kappa shape index (κ1) is 13.2. The highest BCUT2D eigenvalue weighted by Crippen LogP contribution is 2.17. The minimum atomic E-state index is -1.40. The topological polar surface area (TPSA) is 25.8 Å². The zero-order chi connectivity index (χ0) is 12.8. The Morgan fingerprint density at radius 1 is 0.941 bits per heavy atom. The lowest BCUT2D eigenvalue weighted by atomic mass is 10.1. The van der Waals surface area contributed by atoms with Gasteiger partial charge in [-0.15, -0.1) is 0 Å². The van der Waals surface area contributed by atoms with E-state index in [1.807, 2.05) is 0 Å². The third kappa shape index (κ3) is 3.55. The fourth-order valence-corrected chi connectivity index (χ4v) is 1.06. The highest BCUT2D eigenvalue weighted by Gasteiger charge is 2.12. The van der Waals surface area contributed by atoms with E-state index < -0.39 is 17.5 Å². The molecule has 1 aromatic carbocycles. The SMILES string of the molecule is Cc1cc(F)c(F)c(F)c1C.c1cncnc1. The lowest BCUT2D eigenvalue weighted by Crippen LogP contribution is -1.96. The first-order valence-electron chi connectivity index (χ1n) is 4.84. The molecule has 1 heterocycles. The Hall–Kier alpha value is -1.91. The Morgan fingerprint density at radius 3 is 1.94 bits per heavy atom. The van der Waals surface area contributed by atoms with E-state index in [1.165, 1.54) is 20.2 Å². The van der Waals surface area contributed by atoms with Gasteiger partial charge in [0.1, 0.15) is 6.33 Å². The van der Waals surface area contributed by atoms with E-state index in [-0.39, 0.29) is 5.56 Å². The molecule has 0 aliphatic carbocycles. The van der Waals surface area contributed by atoms with Crippen LogP contribution in [0.2, 0.25) is 0 Å². The molecule has 5 heteroatoms. The molecule has 0 bridgehead atoms. The van der Waals surface area contributed by atoms with Crippen molar-refractivity contribution in [3.63, 3.8) is 0 Å². The maximum atomic E-state index is 12.6. The van der Waals surface area contributed by atoms with Gasteiger partial charge >= 0.3 is 0 Å². The minimum Gasteiger partial charge on any atom is -0.245 e. The van der Waals surface area contributed by atoms with Crippen LogP contribution in [0.15, 0.2) is 30.9 Å². The Balaban J connectivity index is 0.000000202. The summed E-state index contributed by atoms with van der Waals surface area (Å²) in [7, 11) is 0. The lowest BCUT2D eigenvalue weighted by Gasteiger charge is -2.02. The number of aryl methyl sites for hydroxylation is 1. The number of rotatable bonds is 0. The van der Waals surface area contributed by atoms with Gasteiger partial charge in [-0.2, -0.15) is 0 Å². The Labute approximate surface area is 97.2 Å². The Bertz CT molecular complexity index is 434. The van der Waals surface area contributed by atoms with E-state index in [0.717, 1.165) is 6.07 Å². The molecular weight excluding hydrogens is 229 g/mol. The third-order valence-electron chi connectivity index (χ3n) is 2.14. The van der Waals surface area contributed by atoms with Crippen molar-refractivity contribution in [1.82, 2.24) is 9.97 Å². The van der Waals surface area contributed by atoms with Crippen LogP contribution in [0.1, 0.15) is 11.1 Å². The van der Waals surface area contributed by atoms with Crippen LogP contribution in [0.25, 0.3) is 0 Å². The second-order valence-corrected chi connectivity index (χ2v) is 3.33. The number of nitrogens with zero attached hydrogens (tertiary/aromatic N) is 2. The first-order chi connectivity index (χ1) is 8.04. The molecular formula is C12H11F3N2. The normalized spacial score (nSPS) is 9.47. The van der Waals surface area contributed by atoms with Crippen molar-refractivity contribution in [3.8, 4) is 0 Å². The second kappa shape index (κ2) is 5.98. The summed E-state index contributed by atoms with van der Waals surface area (Å²) < 4.78 is 37.5. The molecule has 0 saturated heterocycles. The molecule has 0 aliphatic heterocycles. The van der Waals surface area contributed by atoms with E-state index in [9.17, 15) is 13.2 Å². The fraction of sp³-hybridized carbons (Fsp3) is 0.167. The molecule has 0 radical (unpaired) electrons. The van der Waals surface area contributed by atoms with Crippen molar-refractivity contribution >= 4 is 0 Å². The van der Waals surface area contributed by atoms with Gasteiger partial charge in [0.25, 0.3) is 0 Å². The Kier molecular flexibility index (Phi) is 4.63. The molecule has 0 unspecified atom stereocenters. The average Bonchev–Trinajstić information content (AvgIpc) is 2.37. The van der Waals surface area contributed by atoms with Crippen molar-refractivity contribution in [2.75, 3.05) is 0 Å². The molecule has 90 valence electrons. The van der Waals surface area contributed by atoms with Gasteiger partial charge in [-0.05, 0) is 37.1 Å². The molecule has 0 atom stereocenters. The molecule has 2 nitrogen and oxygen atoms in total. The maximum Gasteiger partial charge on any atom is 0.194 e. The van der Waals surface area contributed by atoms with Gasteiger partial charge < -0.3 is 0 Å². The molecule has 2 aromatic rings. The third-order valence-corrected chi connectivity index (χ3v) is 2.14. The molecule has 0 saturated carbocycles. The van der Waals surface area contributed by atoms with Gasteiger partial charge in [-0.3, -0.25) is 0 Å². The molecule has 2 rings (SSSR count). The molecule has 0 amide bonds. The first-order valence-corrected chi connectivity index (χ1v) is 4.84. The van der Waals surface area contributed by atoms with Crippen molar-refractivity contribution in [2.24, 2.45) is 0 Å². The molecule has 0 fully saturated rings. The van der Waals surface area contributed by atoms with Crippen LogP contribution in [0.3, 0.4) is 0 Å². The van der Waals surface area contributed by atoms with Crippen LogP contribution in [0.5, 0.6) is 0 Å². The quantitative estimate of drug-likeness (QED) is 0.661. The number of halogens is 3. The number of hydrogen-bond acceptors (Lipinski definition) is 2. The largest absolute Gasteiger partial charge is 0.245 e. The summed E-state index contributed by atoms with van der Waals surface area (Å²) in [5, 5.41) is 0. The summed E-state index contributed by atoms with van der Waals surface area (Å²) in [5.74, 6) is -3.62. The van der Waals surface area contributed by atoms with Crippen LogP contribution in [-0.2, 0) is 0 Å². The summed E-state index contributed by atoms with van der Waals surface area (Å²) in [5.41, 5.74) is 0.574. The van der Waals surface area contributed by atoms with Crippen molar-refractivity contribution in [1.29, 1.82) is 0 Å². The predicted octanol–water partition coefficient (Wildman–Crippen LogP) is 3.20. The smallest absolute Gasteiger partial charge is 0.194 e. The van der Waals surface area contributed by atoms with Gasteiger partial charge in [0.15, 0.2) is 17.5 Å². The predicted molar refractivity (Wildman–Crippen MR) is 57.8 cm³/mol. The molecule has 0 N–H and O–H groups in total. The Morgan fingerprint density at radius 2 is 1.53 bits per heavy atom. The van der Waals surface area contributed by atoms with Gasteiger partial charge in [0, 0.05) is 12.4 Å². The summed E-state index contributed by atoms with van der Waals surface area (Å²) >= 11 is 0. The van der Waals surface area contributed by atoms with Crippen LogP contribution >= 0.6 is 0 Å². The number of benzene rings is 1. The van der Waals surface area contributed by atoms with Crippen LogP contribution < -0.4 is 0 Å². The number of aromatic nitrogens is 2.